The molecule has 0 atom stereocenters. The Morgan fingerprint density at radius 2 is 2.29 bits per heavy atom. The van der Waals surface area contributed by atoms with E-state index in [1.165, 1.54) is 11.5 Å². The van der Waals surface area contributed by atoms with Crippen LogP contribution < -0.4 is 10.1 Å². The van der Waals surface area contributed by atoms with Crippen LogP contribution in [0.1, 0.15) is 0 Å². The first kappa shape index (κ1) is 10.2. The van der Waals surface area contributed by atoms with E-state index in [0.717, 1.165) is 15.9 Å². The number of rotatable bonds is 3. The zero-order valence-corrected chi connectivity index (χ0v) is 10.3. The molecule has 2 rings (SSSR count). The van der Waals surface area contributed by atoms with E-state index < -0.39 is 0 Å². The molecule has 76 valence electrons. The summed E-state index contributed by atoms with van der Waals surface area (Å²) in [5.41, 5.74) is 1.15. The molecule has 1 aromatic rings. The fourth-order valence-corrected chi connectivity index (χ4v) is 2.39. The third-order valence-electron chi connectivity index (χ3n) is 2.17. The Morgan fingerprint density at radius 3 is 2.79 bits per heavy atom. The average Bonchev–Trinajstić information content (AvgIpc) is 2.13. The molecule has 0 saturated carbocycles. The zero-order valence-electron chi connectivity index (χ0n) is 7.92. The Balaban J connectivity index is 2.09. The molecule has 0 aliphatic carbocycles. The van der Waals surface area contributed by atoms with E-state index in [4.69, 9.17) is 4.74 Å². The molecule has 1 aliphatic heterocycles. The number of ether oxygens (including phenoxy) is 1. The molecule has 0 unspecified atom stereocenters. The van der Waals surface area contributed by atoms with Crippen molar-refractivity contribution in [2.45, 2.75) is 6.04 Å². The van der Waals surface area contributed by atoms with Crippen LogP contribution in [-0.4, -0.2) is 24.7 Å². The van der Waals surface area contributed by atoms with Crippen LogP contribution in [0.3, 0.4) is 0 Å². The Kier molecular flexibility index (Phi) is 3.23. The standard InChI is InChI=1S/C10H12BrNOS/c1-13-8-2-3-10(9(11)4-8)12-7-5-14-6-7/h2-4,7,12H,5-6H2,1H3. The van der Waals surface area contributed by atoms with E-state index in [9.17, 15) is 0 Å². The SMILES string of the molecule is COc1ccc(NC2CSC2)c(Br)c1. The van der Waals surface area contributed by atoms with Gasteiger partial charge < -0.3 is 10.1 Å². The molecule has 0 amide bonds. The fraction of sp³-hybridized carbons (Fsp3) is 0.400. The van der Waals surface area contributed by atoms with Crippen molar-refractivity contribution in [1.29, 1.82) is 0 Å². The predicted octanol–water partition coefficient (Wildman–Crippen LogP) is 2.99. The molecule has 1 N–H and O–H groups in total. The van der Waals surface area contributed by atoms with Crippen LogP contribution >= 0.6 is 27.7 Å². The maximum atomic E-state index is 5.13. The second kappa shape index (κ2) is 4.45. The van der Waals surface area contributed by atoms with Crippen LogP contribution in [0, 0.1) is 0 Å². The Morgan fingerprint density at radius 1 is 1.50 bits per heavy atom. The van der Waals surface area contributed by atoms with Crippen LogP contribution in [0.5, 0.6) is 5.75 Å². The van der Waals surface area contributed by atoms with Gasteiger partial charge in [-0.05, 0) is 34.1 Å². The van der Waals surface area contributed by atoms with Crippen LogP contribution in [0.2, 0.25) is 0 Å². The van der Waals surface area contributed by atoms with Gasteiger partial charge in [0.1, 0.15) is 5.75 Å². The van der Waals surface area contributed by atoms with E-state index >= 15 is 0 Å². The second-order valence-electron chi connectivity index (χ2n) is 3.22. The highest BCUT2D eigenvalue weighted by atomic mass is 79.9. The highest BCUT2D eigenvalue weighted by molar-refractivity contribution is 9.10. The summed E-state index contributed by atoms with van der Waals surface area (Å²) in [6.07, 6.45) is 0. The van der Waals surface area contributed by atoms with Crippen LogP contribution in [0.25, 0.3) is 0 Å². The summed E-state index contributed by atoms with van der Waals surface area (Å²) < 4.78 is 6.20. The third kappa shape index (κ3) is 2.17. The van der Waals surface area contributed by atoms with Crippen LogP contribution in [0.4, 0.5) is 5.69 Å². The molecule has 0 radical (unpaired) electrons. The van der Waals surface area contributed by atoms with Gasteiger partial charge in [0.2, 0.25) is 0 Å². The molecule has 1 fully saturated rings. The zero-order chi connectivity index (χ0) is 9.97. The van der Waals surface area contributed by atoms with Crippen molar-refractivity contribution < 1.29 is 4.74 Å². The minimum absolute atomic E-state index is 0.629. The summed E-state index contributed by atoms with van der Waals surface area (Å²) >= 11 is 5.50. The number of hydrogen-bond acceptors (Lipinski definition) is 3. The lowest BCUT2D eigenvalue weighted by Gasteiger charge is -2.27. The third-order valence-corrected chi connectivity index (χ3v) is 4.11. The minimum Gasteiger partial charge on any atom is -0.497 e. The summed E-state index contributed by atoms with van der Waals surface area (Å²) in [5, 5.41) is 3.47. The minimum atomic E-state index is 0.629. The first-order valence-electron chi connectivity index (χ1n) is 4.47. The van der Waals surface area contributed by atoms with E-state index in [0.29, 0.717) is 6.04 Å². The van der Waals surface area contributed by atoms with Gasteiger partial charge in [-0.15, -0.1) is 0 Å². The Bertz CT molecular complexity index is 328. The van der Waals surface area contributed by atoms with Crippen molar-refractivity contribution in [3.05, 3.63) is 22.7 Å². The molecule has 1 aromatic carbocycles. The Hall–Kier alpha value is -0.350. The lowest BCUT2D eigenvalue weighted by Crippen LogP contribution is -2.33. The smallest absolute Gasteiger partial charge is 0.120 e. The van der Waals surface area contributed by atoms with E-state index in [1.807, 2.05) is 30.0 Å². The lowest BCUT2D eigenvalue weighted by molar-refractivity contribution is 0.414. The molecular formula is C10H12BrNOS. The molecular weight excluding hydrogens is 262 g/mol. The predicted molar refractivity (Wildman–Crippen MR) is 65.4 cm³/mol. The monoisotopic (exact) mass is 273 g/mol. The molecule has 1 saturated heterocycles. The Labute approximate surface area is 96.5 Å². The van der Waals surface area contributed by atoms with Gasteiger partial charge in [0.25, 0.3) is 0 Å². The van der Waals surface area contributed by atoms with Crippen LogP contribution in [-0.2, 0) is 0 Å². The topological polar surface area (TPSA) is 21.3 Å². The van der Waals surface area contributed by atoms with Gasteiger partial charge in [-0.25, -0.2) is 0 Å². The fourth-order valence-electron chi connectivity index (χ4n) is 1.28. The number of hydrogen-bond donors (Lipinski definition) is 1. The van der Waals surface area contributed by atoms with Crippen molar-refractivity contribution in [3.8, 4) is 5.75 Å². The highest BCUT2D eigenvalue weighted by Crippen LogP contribution is 2.30. The molecule has 1 aliphatic rings. The maximum Gasteiger partial charge on any atom is 0.120 e. The highest BCUT2D eigenvalue weighted by Gasteiger charge is 2.18. The van der Waals surface area contributed by atoms with Crippen LogP contribution in [0.15, 0.2) is 22.7 Å². The first-order chi connectivity index (χ1) is 6.79. The summed E-state index contributed by atoms with van der Waals surface area (Å²) in [7, 11) is 1.68. The van der Waals surface area contributed by atoms with Gasteiger partial charge in [-0.1, -0.05) is 0 Å². The molecule has 0 spiro atoms. The summed E-state index contributed by atoms with van der Waals surface area (Å²) in [4.78, 5) is 0. The number of halogens is 1. The quantitative estimate of drug-likeness (QED) is 0.915. The van der Waals surface area contributed by atoms with Gasteiger partial charge in [0, 0.05) is 27.7 Å². The second-order valence-corrected chi connectivity index (χ2v) is 5.15. The normalized spacial score (nSPS) is 16.1. The van der Waals surface area contributed by atoms with Crippen molar-refractivity contribution >= 4 is 33.4 Å². The van der Waals surface area contributed by atoms with E-state index in [-0.39, 0.29) is 0 Å². The van der Waals surface area contributed by atoms with E-state index in [1.54, 1.807) is 7.11 Å². The van der Waals surface area contributed by atoms with Crippen molar-refractivity contribution in [2.75, 3.05) is 23.9 Å². The molecule has 0 bridgehead atoms. The van der Waals surface area contributed by atoms with Gasteiger partial charge in [-0.2, -0.15) is 11.8 Å². The molecule has 1 heterocycles. The van der Waals surface area contributed by atoms with Crippen molar-refractivity contribution in [2.24, 2.45) is 0 Å². The maximum absolute atomic E-state index is 5.13. The first-order valence-corrected chi connectivity index (χ1v) is 6.42. The average molecular weight is 274 g/mol. The molecule has 4 heteroatoms. The largest absolute Gasteiger partial charge is 0.497 e. The molecule has 14 heavy (non-hydrogen) atoms. The van der Waals surface area contributed by atoms with Crippen molar-refractivity contribution in [1.82, 2.24) is 0 Å². The number of thioether (sulfide) groups is 1. The molecule has 2 nitrogen and oxygen atoms in total. The summed E-state index contributed by atoms with van der Waals surface area (Å²) in [6.45, 7) is 0. The lowest BCUT2D eigenvalue weighted by atomic mass is 10.2. The van der Waals surface area contributed by atoms with Crippen molar-refractivity contribution in [3.63, 3.8) is 0 Å². The van der Waals surface area contributed by atoms with Gasteiger partial charge in [-0.3, -0.25) is 0 Å². The van der Waals surface area contributed by atoms with Gasteiger partial charge in [0.15, 0.2) is 0 Å². The number of anilines is 1. The summed E-state index contributed by atoms with van der Waals surface area (Å²) in [5.74, 6) is 3.29. The number of methoxy groups -OCH3 is 1. The number of benzene rings is 1. The van der Waals surface area contributed by atoms with Gasteiger partial charge >= 0.3 is 0 Å². The summed E-state index contributed by atoms with van der Waals surface area (Å²) in [6, 6.07) is 6.63. The van der Waals surface area contributed by atoms with E-state index in [2.05, 4.69) is 21.2 Å². The number of nitrogens with one attached hydrogen (secondary N) is 1. The molecule has 0 aromatic heterocycles. The van der Waals surface area contributed by atoms with Gasteiger partial charge in [0.05, 0.1) is 7.11 Å².